The van der Waals surface area contributed by atoms with Crippen LogP contribution in [0.5, 0.6) is 0 Å². The van der Waals surface area contributed by atoms with E-state index in [1.165, 1.54) is 0 Å². The SMILES string of the molecule is O=C1CCC(N2Cc3c(CNc4nc(C5CCNCC5)co4)cccc3C2=O)C(=O)N1. The molecule has 162 valence electrons. The Balaban J connectivity index is 1.28. The van der Waals surface area contributed by atoms with Gasteiger partial charge < -0.3 is 20.0 Å². The number of nitrogens with zero attached hydrogens (tertiary/aromatic N) is 2. The highest BCUT2D eigenvalue weighted by Crippen LogP contribution is 2.30. The Morgan fingerprint density at radius 3 is 2.81 bits per heavy atom. The van der Waals surface area contributed by atoms with Crippen molar-refractivity contribution >= 4 is 23.7 Å². The van der Waals surface area contributed by atoms with Gasteiger partial charge in [-0.3, -0.25) is 19.7 Å². The number of carbonyl (C=O) groups excluding carboxylic acids is 3. The van der Waals surface area contributed by atoms with Crippen molar-refractivity contribution in [1.29, 1.82) is 0 Å². The van der Waals surface area contributed by atoms with Crippen molar-refractivity contribution in [3.8, 4) is 0 Å². The number of carbonyl (C=O) groups is 3. The van der Waals surface area contributed by atoms with Crippen LogP contribution in [0.4, 0.5) is 6.01 Å². The first-order valence-electron chi connectivity index (χ1n) is 10.8. The van der Waals surface area contributed by atoms with Crippen LogP contribution >= 0.6 is 0 Å². The lowest BCUT2D eigenvalue weighted by Gasteiger charge is -2.29. The van der Waals surface area contributed by atoms with Crippen molar-refractivity contribution in [3.63, 3.8) is 0 Å². The van der Waals surface area contributed by atoms with E-state index in [2.05, 4.69) is 20.9 Å². The minimum atomic E-state index is -0.613. The highest BCUT2D eigenvalue weighted by molar-refractivity contribution is 6.05. The quantitative estimate of drug-likeness (QED) is 0.624. The molecular weight excluding hydrogens is 398 g/mol. The lowest BCUT2D eigenvalue weighted by Crippen LogP contribution is -2.52. The molecule has 3 aliphatic rings. The first kappa shape index (κ1) is 19.7. The zero-order chi connectivity index (χ0) is 21.4. The highest BCUT2D eigenvalue weighted by atomic mass is 16.4. The molecule has 3 N–H and O–H groups in total. The van der Waals surface area contributed by atoms with Gasteiger partial charge in [-0.25, -0.2) is 0 Å². The zero-order valence-corrected chi connectivity index (χ0v) is 17.1. The number of nitrogens with one attached hydrogen (secondary N) is 3. The molecule has 2 fully saturated rings. The van der Waals surface area contributed by atoms with E-state index in [4.69, 9.17) is 4.42 Å². The molecule has 5 rings (SSSR count). The number of fused-ring (bicyclic) bond motifs is 1. The molecule has 1 unspecified atom stereocenters. The average Bonchev–Trinajstić information content (AvgIpc) is 3.38. The van der Waals surface area contributed by atoms with E-state index in [0.717, 1.165) is 42.8 Å². The molecule has 1 aromatic heterocycles. The third-order valence-corrected chi connectivity index (χ3v) is 6.39. The van der Waals surface area contributed by atoms with Gasteiger partial charge >= 0.3 is 0 Å². The summed E-state index contributed by atoms with van der Waals surface area (Å²) < 4.78 is 5.62. The standard InChI is InChI=1S/C22H25N5O4/c28-19-5-4-18(20(29)26-19)27-11-16-14(2-1-3-15(16)21(27)30)10-24-22-25-17(12-31-22)13-6-8-23-9-7-13/h1-3,12-13,18,23H,4-11H2,(H,24,25)(H,26,28,29). The van der Waals surface area contributed by atoms with Gasteiger partial charge in [0.25, 0.3) is 11.9 Å². The fourth-order valence-corrected chi connectivity index (χ4v) is 4.66. The second kappa shape index (κ2) is 8.14. The van der Waals surface area contributed by atoms with Gasteiger partial charge in [0.15, 0.2) is 0 Å². The molecule has 0 aliphatic carbocycles. The number of piperidine rings is 2. The number of hydrogen-bond donors (Lipinski definition) is 3. The Labute approximate surface area is 179 Å². The molecule has 2 aromatic rings. The van der Waals surface area contributed by atoms with E-state index in [0.29, 0.717) is 37.0 Å². The van der Waals surface area contributed by atoms with Crippen LogP contribution in [0, 0.1) is 0 Å². The summed E-state index contributed by atoms with van der Waals surface area (Å²) in [6.45, 7) is 2.80. The number of aromatic nitrogens is 1. The fraction of sp³-hybridized carbons (Fsp3) is 0.455. The van der Waals surface area contributed by atoms with Crippen LogP contribution in [0.3, 0.4) is 0 Å². The molecule has 0 spiro atoms. The summed E-state index contributed by atoms with van der Waals surface area (Å²) in [6.07, 6.45) is 4.43. The van der Waals surface area contributed by atoms with Crippen LogP contribution in [0.25, 0.3) is 0 Å². The second-order valence-corrected chi connectivity index (χ2v) is 8.30. The Morgan fingerprint density at radius 1 is 1.16 bits per heavy atom. The van der Waals surface area contributed by atoms with Gasteiger partial charge in [-0.05, 0) is 49.5 Å². The third kappa shape index (κ3) is 3.81. The van der Waals surface area contributed by atoms with Crippen LogP contribution < -0.4 is 16.0 Å². The first-order chi connectivity index (χ1) is 15.1. The van der Waals surface area contributed by atoms with Crippen molar-refractivity contribution in [2.24, 2.45) is 0 Å². The molecule has 0 bridgehead atoms. The van der Waals surface area contributed by atoms with Gasteiger partial charge in [0.05, 0.1) is 5.69 Å². The average molecular weight is 423 g/mol. The van der Waals surface area contributed by atoms with Crippen LogP contribution in [-0.2, 0) is 22.7 Å². The van der Waals surface area contributed by atoms with Gasteiger partial charge in [-0.2, -0.15) is 4.98 Å². The van der Waals surface area contributed by atoms with Crippen molar-refractivity contribution < 1.29 is 18.8 Å². The second-order valence-electron chi connectivity index (χ2n) is 8.30. The Hall–Kier alpha value is -3.20. The number of rotatable bonds is 5. The van der Waals surface area contributed by atoms with Crippen LogP contribution in [-0.4, -0.2) is 46.7 Å². The minimum absolute atomic E-state index is 0.171. The molecule has 4 heterocycles. The molecule has 9 nitrogen and oxygen atoms in total. The van der Waals surface area contributed by atoms with E-state index in [1.54, 1.807) is 17.2 Å². The van der Waals surface area contributed by atoms with Crippen molar-refractivity contribution in [3.05, 3.63) is 46.8 Å². The number of anilines is 1. The number of benzene rings is 1. The largest absolute Gasteiger partial charge is 0.432 e. The third-order valence-electron chi connectivity index (χ3n) is 6.39. The number of amides is 3. The Bertz CT molecular complexity index is 1030. The molecule has 3 amide bonds. The zero-order valence-electron chi connectivity index (χ0n) is 17.1. The predicted octanol–water partition coefficient (Wildman–Crippen LogP) is 1.51. The topological polar surface area (TPSA) is 117 Å². The van der Waals surface area contributed by atoms with Crippen LogP contribution in [0.2, 0.25) is 0 Å². The lowest BCUT2D eigenvalue weighted by atomic mass is 9.95. The van der Waals surface area contributed by atoms with E-state index in [1.807, 2.05) is 12.1 Å². The molecule has 31 heavy (non-hydrogen) atoms. The maximum absolute atomic E-state index is 12.9. The smallest absolute Gasteiger partial charge is 0.295 e. The summed E-state index contributed by atoms with van der Waals surface area (Å²) in [5.41, 5.74) is 3.44. The molecule has 1 aromatic carbocycles. The summed E-state index contributed by atoms with van der Waals surface area (Å²) in [6, 6.07) is 5.45. The normalized spacial score (nSPS) is 21.9. The maximum Gasteiger partial charge on any atom is 0.295 e. The monoisotopic (exact) mass is 423 g/mol. The Morgan fingerprint density at radius 2 is 2.00 bits per heavy atom. The van der Waals surface area contributed by atoms with Gasteiger partial charge in [0.1, 0.15) is 12.3 Å². The van der Waals surface area contributed by atoms with Crippen molar-refractivity contribution in [2.45, 2.75) is 50.7 Å². The highest BCUT2D eigenvalue weighted by Gasteiger charge is 2.39. The number of oxazole rings is 1. The number of hydrogen-bond acceptors (Lipinski definition) is 7. The van der Waals surface area contributed by atoms with Crippen molar-refractivity contribution in [1.82, 2.24) is 20.5 Å². The molecule has 2 saturated heterocycles. The van der Waals surface area contributed by atoms with Crippen LogP contribution in [0.1, 0.15) is 58.8 Å². The van der Waals surface area contributed by atoms with Gasteiger partial charge in [-0.15, -0.1) is 0 Å². The van der Waals surface area contributed by atoms with Gasteiger partial charge in [-0.1, -0.05) is 12.1 Å². The Kier molecular flexibility index (Phi) is 5.19. The molecule has 0 radical (unpaired) electrons. The molecule has 9 heteroatoms. The van der Waals surface area contributed by atoms with E-state index >= 15 is 0 Å². The van der Waals surface area contributed by atoms with E-state index < -0.39 is 11.9 Å². The molecule has 1 atom stereocenters. The van der Waals surface area contributed by atoms with Gasteiger partial charge in [0, 0.05) is 31.0 Å². The summed E-state index contributed by atoms with van der Waals surface area (Å²) in [7, 11) is 0. The maximum atomic E-state index is 12.9. The molecular formula is C22H25N5O4. The summed E-state index contributed by atoms with van der Waals surface area (Å²) in [5.74, 6) is -0.440. The summed E-state index contributed by atoms with van der Waals surface area (Å²) in [5, 5.41) is 8.91. The summed E-state index contributed by atoms with van der Waals surface area (Å²) in [4.78, 5) is 42.8. The van der Waals surface area contributed by atoms with Crippen molar-refractivity contribution in [2.75, 3.05) is 18.4 Å². The van der Waals surface area contributed by atoms with E-state index in [-0.39, 0.29) is 18.2 Å². The lowest BCUT2D eigenvalue weighted by molar-refractivity contribution is -0.136. The molecule has 0 saturated carbocycles. The number of imide groups is 1. The van der Waals surface area contributed by atoms with E-state index in [9.17, 15) is 14.4 Å². The summed E-state index contributed by atoms with van der Waals surface area (Å²) >= 11 is 0. The molecule has 3 aliphatic heterocycles. The van der Waals surface area contributed by atoms with Gasteiger partial charge in [0.2, 0.25) is 11.8 Å². The first-order valence-corrected chi connectivity index (χ1v) is 10.8. The minimum Gasteiger partial charge on any atom is -0.432 e. The predicted molar refractivity (Wildman–Crippen MR) is 111 cm³/mol. The van der Waals surface area contributed by atoms with Crippen LogP contribution in [0.15, 0.2) is 28.9 Å². The fourth-order valence-electron chi connectivity index (χ4n) is 4.66.